The number of hydrogen-bond acceptors (Lipinski definition) is 2. The van der Waals surface area contributed by atoms with E-state index in [0.717, 1.165) is 6.54 Å². The molecule has 0 saturated carbocycles. The zero-order valence-corrected chi connectivity index (χ0v) is 14.2. The van der Waals surface area contributed by atoms with Gasteiger partial charge in [0.25, 0.3) is 0 Å². The van der Waals surface area contributed by atoms with Crippen LogP contribution in [0.2, 0.25) is 0 Å². The minimum absolute atomic E-state index is 0. The molecule has 0 unspecified atom stereocenters. The van der Waals surface area contributed by atoms with Crippen molar-refractivity contribution in [1.82, 2.24) is 4.57 Å². The minimum Gasteiger partial charge on any atom is -1.00 e. The molecule has 0 spiro atoms. The van der Waals surface area contributed by atoms with Gasteiger partial charge in [-0.15, -0.1) is 0 Å². The summed E-state index contributed by atoms with van der Waals surface area (Å²) < 4.78 is 5.99. The molecular weight excluding hydrogens is 390 g/mol. The van der Waals surface area contributed by atoms with Gasteiger partial charge in [0.15, 0.2) is 18.9 Å². The summed E-state index contributed by atoms with van der Waals surface area (Å²) in [5.41, 5.74) is 1.18. The number of aromatic nitrogens is 3. The van der Waals surface area contributed by atoms with Gasteiger partial charge in [-0.2, -0.15) is 0 Å². The Morgan fingerprint density at radius 2 is 1.85 bits per heavy atom. The molecule has 2 aromatic heterocycles. The lowest BCUT2D eigenvalue weighted by Gasteiger charge is -1.98. The lowest BCUT2D eigenvalue weighted by atomic mass is 10.3. The SMILES string of the molecule is OCCn1cc[n+](Cc2ccc[n+](CCO)c2)c1.[Br-].[Br-]. The van der Waals surface area contributed by atoms with Crippen LogP contribution in [0.3, 0.4) is 0 Å². The Kier molecular flexibility index (Phi) is 9.66. The number of nitrogens with zero attached hydrogens (tertiary/aromatic N) is 3. The lowest BCUT2D eigenvalue weighted by molar-refractivity contribution is -0.706. The highest BCUT2D eigenvalue weighted by Crippen LogP contribution is 1.94. The van der Waals surface area contributed by atoms with Crippen LogP contribution in [0.4, 0.5) is 0 Å². The second-order valence-electron chi connectivity index (χ2n) is 4.22. The highest BCUT2D eigenvalue weighted by molar-refractivity contribution is 5.03. The molecule has 20 heavy (non-hydrogen) atoms. The van der Waals surface area contributed by atoms with Gasteiger partial charge in [0.05, 0.1) is 12.2 Å². The van der Waals surface area contributed by atoms with Crippen LogP contribution in [0.1, 0.15) is 5.56 Å². The molecule has 5 nitrogen and oxygen atoms in total. The fraction of sp³-hybridized carbons (Fsp3) is 0.385. The topological polar surface area (TPSA) is 53.2 Å². The smallest absolute Gasteiger partial charge is 0.244 e. The Hall–Kier alpha value is -0.760. The van der Waals surface area contributed by atoms with Gasteiger partial charge in [-0.1, -0.05) is 0 Å². The molecule has 2 heterocycles. The van der Waals surface area contributed by atoms with Crippen LogP contribution in [0, 0.1) is 0 Å². The molecule has 2 aromatic rings. The van der Waals surface area contributed by atoms with E-state index in [1.807, 2.05) is 46.3 Å². The van der Waals surface area contributed by atoms with Crippen LogP contribution in [-0.4, -0.2) is 28.0 Å². The molecule has 0 aromatic carbocycles. The van der Waals surface area contributed by atoms with Gasteiger partial charge in [-0.25, -0.2) is 13.7 Å². The molecule has 2 N–H and O–H groups in total. The van der Waals surface area contributed by atoms with Crippen molar-refractivity contribution in [3.63, 3.8) is 0 Å². The van der Waals surface area contributed by atoms with Gasteiger partial charge in [0.1, 0.15) is 32.1 Å². The maximum atomic E-state index is 8.91. The monoisotopic (exact) mass is 407 g/mol. The molecule has 7 heteroatoms. The predicted octanol–water partition coefficient (Wildman–Crippen LogP) is -6.90. The molecule has 0 aliphatic heterocycles. The number of rotatable bonds is 6. The summed E-state index contributed by atoms with van der Waals surface area (Å²) in [6.45, 7) is 2.31. The fourth-order valence-electron chi connectivity index (χ4n) is 1.92. The number of pyridine rings is 1. The first-order chi connectivity index (χ1) is 8.81. The minimum atomic E-state index is 0. The summed E-state index contributed by atoms with van der Waals surface area (Å²) in [5, 5.41) is 17.8. The molecule has 0 aliphatic rings. The molecule has 0 saturated heterocycles. The predicted molar refractivity (Wildman–Crippen MR) is 64.5 cm³/mol. The lowest BCUT2D eigenvalue weighted by Crippen LogP contribution is -3.00. The summed E-state index contributed by atoms with van der Waals surface area (Å²) >= 11 is 0. The second kappa shape index (κ2) is 10.0. The van der Waals surface area contributed by atoms with Gasteiger partial charge in [0, 0.05) is 6.07 Å². The molecule has 0 amide bonds. The third kappa shape index (κ3) is 5.70. The third-order valence-electron chi connectivity index (χ3n) is 2.75. The molecule has 0 fully saturated rings. The van der Waals surface area contributed by atoms with E-state index in [-0.39, 0.29) is 47.2 Å². The van der Waals surface area contributed by atoms with E-state index in [1.165, 1.54) is 5.56 Å². The number of halogens is 2. The van der Waals surface area contributed by atoms with Crippen LogP contribution in [0.5, 0.6) is 0 Å². The van der Waals surface area contributed by atoms with Crippen LogP contribution in [0.25, 0.3) is 0 Å². The maximum Gasteiger partial charge on any atom is 0.244 e. The van der Waals surface area contributed by atoms with Crippen molar-refractivity contribution in [2.24, 2.45) is 0 Å². The Morgan fingerprint density at radius 1 is 1.05 bits per heavy atom. The van der Waals surface area contributed by atoms with Crippen LogP contribution < -0.4 is 43.1 Å². The van der Waals surface area contributed by atoms with E-state index in [1.54, 1.807) is 0 Å². The highest BCUT2D eigenvalue weighted by atomic mass is 79.9. The van der Waals surface area contributed by atoms with Crippen molar-refractivity contribution in [2.45, 2.75) is 19.6 Å². The quantitative estimate of drug-likeness (QED) is 0.467. The standard InChI is InChI=1S/C13H19N3O2.2BrH/c17-8-6-14-3-1-2-13(10-14)11-16-5-4-15(12-16)7-9-18;;/h1-5,10,12,17-18H,6-9,11H2;2*1H/q+2;;/p-2. The number of aliphatic hydroxyl groups is 2. The summed E-state index contributed by atoms with van der Waals surface area (Å²) in [4.78, 5) is 0. The first-order valence-corrected chi connectivity index (χ1v) is 6.06. The molecule has 0 aliphatic carbocycles. The first kappa shape index (κ1) is 19.2. The van der Waals surface area contributed by atoms with E-state index in [2.05, 4.69) is 10.6 Å². The average Bonchev–Trinajstić information content (AvgIpc) is 2.78. The summed E-state index contributed by atoms with van der Waals surface area (Å²) in [6.07, 6.45) is 9.88. The number of hydrogen-bond donors (Lipinski definition) is 2. The Bertz CT molecular complexity index is 506. The maximum absolute atomic E-state index is 8.91. The molecular formula is C13H19Br2N3O2. The molecule has 0 radical (unpaired) electrons. The normalized spacial score (nSPS) is 9.70. The zero-order valence-electron chi connectivity index (χ0n) is 11.1. The van der Waals surface area contributed by atoms with E-state index >= 15 is 0 Å². The van der Waals surface area contributed by atoms with Crippen molar-refractivity contribution in [2.75, 3.05) is 13.2 Å². The van der Waals surface area contributed by atoms with Crippen molar-refractivity contribution in [3.8, 4) is 0 Å². The molecule has 2 rings (SSSR count). The first-order valence-electron chi connectivity index (χ1n) is 6.06. The fourth-order valence-corrected chi connectivity index (χ4v) is 1.92. The molecule has 0 atom stereocenters. The van der Waals surface area contributed by atoms with Gasteiger partial charge < -0.3 is 44.2 Å². The summed E-state index contributed by atoms with van der Waals surface area (Å²) in [7, 11) is 0. The second-order valence-corrected chi connectivity index (χ2v) is 4.22. The van der Waals surface area contributed by atoms with Gasteiger partial charge in [-0.3, -0.25) is 0 Å². The zero-order chi connectivity index (χ0) is 12.8. The van der Waals surface area contributed by atoms with E-state index in [9.17, 15) is 0 Å². The van der Waals surface area contributed by atoms with E-state index in [0.29, 0.717) is 13.1 Å². The molecule has 0 bridgehead atoms. The molecule has 112 valence electrons. The van der Waals surface area contributed by atoms with Gasteiger partial charge in [-0.05, 0) is 6.07 Å². The van der Waals surface area contributed by atoms with Crippen molar-refractivity contribution < 1.29 is 53.3 Å². The average molecular weight is 409 g/mol. The number of aliphatic hydroxyl groups excluding tert-OH is 2. The Morgan fingerprint density at radius 3 is 2.55 bits per heavy atom. The van der Waals surface area contributed by atoms with Crippen LogP contribution in [0.15, 0.2) is 43.2 Å². The third-order valence-corrected chi connectivity index (χ3v) is 2.75. The van der Waals surface area contributed by atoms with Crippen molar-refractivity contribution in [1.29, 1.82) is 0 Å². The van der Waals surface area contributed by atoms with Crippen LogP contribution in [-0.2, 0) is 19.6 Å². The van der Waals surface area contributed by atoms with Gasteiger partial charge in [0.2, 0.25) is 6.33 Å². The van der Waals surface area contributed by atoms with E-state index < -0.39 is 0 Å². The van der Waals surface area contributed by atoms with Crippen molar-refractivity contribution in [3.05, 3.63) is 48.8 Å². The van der Waals surface area contributed by atoms with E-state index in [4.69, 9.17) is 10.2 Å². The summed E-state index contributed by atoms with van der Waals surface area (Å²) in [5.74, 6) is 0. The Balaban J connectivity index is 0.00000180. The summed E-state index contributed by atoms with van der Waals surface area (Å²) in [6, 6.07) is 4.04. The van der Waals surface area contributed by atoms with Gasteiger partial charge >= 0.3 is 0 Å². The number of imidazole rings is 1. The largest absolute Gasteiger partial charge is 1.00 e. The Labute approximate surface area is 139 Å². The van der Waals surface area contributed by atoms with Crippen LogP contribution >= 0.6 is 0 Å². The van der Waals surface area contributed by atoms with Crippen molar-refractivity contribution >= 4 is 0 Å². The highest BCUT2D eigenvalue weighted by Gasteiger charge is 2.07.